The predicted octanol–water partition coefficient (Wildman–Crippen LogP) is 12.6. The highest BCUT2D eigenvalue weighted by Gasteiger charge is 2.18. The van der Waals surface area contributed by atoms with Crippen molar-refractivity contribution in [3.8, 4) is 44.5 Å². The summed E-state index contributed by atoms with van der Waals surface area (Å²) in [5.74, 6) is 0. The van der Waals surface area contributed by atoms with E-state index in [-0.39, 0.29) is 0 Å². The first kappa shape index (κ1) is 25.6. The molecule has 0 spiro atoms. The Morgan fingerprint density at radius 2 is 0.733 bits per heavy atom. The zero-order valence-electron chi connectivity index (χ0n) is 24.6. The summed E-state index contributed by atoms with van der Waals surface area (Å²) in [5, 5.41) is 7.31. The Morgan fingerprint density at radius 1 is 0.244 bits per heavy atom. The zero-order chi connectivity index (χ0) is 29.7. The molecule has 0 fully saturated rings. The quantitative estimate of drug-likeness (QED) is 0.191. The smallest absolute Gasteiger partial charge is 0.135 e. The third-order valence-electron chi connectivity index (χ3n) is 9.05. The average molecular weight is 573 g/mol. The molecule has 0 aliphatic rings. The third kappa shape index (κ3) is 4.24. The summed E-state index contributed by atoms with van der Waals surface area (Å²) in [5.41, 5.74) is 11.6. The van der Waals surface area contributed by atoms with E-state index in [9.17, 15) is 0 Å². The summed E-state index contributed by atoms with van der Waals surface area (Å²) in [6.07, 6.45) is 0. The molecule has 1 nitrogen and oxygen atoms in total. The summed E-state index contributed by atoms with van der Waals surface area (Å²) < 4.78 is 6.13. The van der Waals surface area contributed by atoms with Gasteiger partial charge in [0.25, 0.3) is 0 Å². The number of para-hydroxylation sites is 1. The van der Waals surface area contributed by atoms with E-state index in [1.165, 1.54) is 66.1 Å². The number of rotatable bonds is 4. The van der Waals surface area contributed by atoms with Crippen LogP contribution in [0, 0.1) is 0 Å². The molecule has 1 heterocycles. The van der Waals surface area contributed by atoms with Crippen molar-refractivity contribution in [2.75, 3.05) is 0 Å². The van der Waals surface area contributed by atoms with Crippen LogP contribution >= 0.6 is 0 Å². The number of hydrogen-bond donors (Lipinski definition) is 0. The largest absolute Gasteiger partial charge is 0.456 e. The Balaban J connectivity index is 1.32. The van der Waals surface area contributed by atoms with Crippen LogP contribution in [0.25, 0.3) is 88.0 Å². The van der Waals surface area contributed by atoms with Gasteiger partial charge in [-0.25, -0.2) is 0 Å². The second-order valence-corrected chi connectivity index (χ2v) is 11.7. The van der Waals surface area contributed by atoms with E-state index in [4.69, 9.17) is 4.42 Å². The van der Waals surface area contributed by atoms with Gasteiger partial charge in [0.1, 0.15) is 11.2 Å². The fourth-order valence-corrected chi connectivity index (χ4v) is 6.98. The summed E-state index contributed by atoms with van der Waals surface area (Å²) in [6.45, 7) is 0. The highest BCUT2D eigenvalue weighted by atomic mass is 16.3. The maximum atomic E-state index is 6.13. The molecule has 0 saturated carbocycles. The van der Waals surface area contributed by atoms with Gasteiger partial charge in [-0.15, -0.1) is 0 Å². The topological polar surface area (TPSA) is 13.1 Å². The predicted molar refractivity (Wildman–Crippen MR) is 190 cm³/mol. The van der Waals surface area contributed by atoms with Crippen LogP contribution in [-0.2, 0) is 0 Å². The van der Waals surface area contributed by atoms with Crippen LogP contribution in [0.3, 0.4) is 0 Å². The van der Waals surface area contributed by atoms with Crippen molar-refractivity contribution in [2.24, 2.45) is 0 Å². The normalized spacial score (nSPS) is 11.6. The van der Waals surface area contributed by atoms with E-state index in [1.54, 1.807) is 0 Å². The lowest BCUT2D eigenvalue weighted by Crippen LogP contribution is -1.92. The minimum Gasteiger partial charge on any atom is -0.456 e. The van der Waals surface area contributed by atoms with Gasteiger partial charge in [-0.2, -0.15) is 0 Å². The maximum Gasteiger partial charge on any atom is 0.135 e. The minimum atomic E-state index is 0.915. The molecule has 45 heavy (non-hydrogen) atoms. The maximum absolute atomic E-state index is 6.13. The van der Waals surface area contributed by atoms with Gasteiger partial charge in [0.15, 0.2) is 0 Å². The molecule has 0 unspecified atom stereocenters. The standard InChI is InChI=1S/C44H28O/c1-3-12-29(13-4-1)32-22-24-38-40(28-32)44(37-20-8-7-19-36(37)43(38)30-14-5-2-6-15-30)34-17-11-16-31(26-34)33-23-25-42-39(27-33)35-18-9-10-21-41(35)45-42/h1-28H. The Hall–Kier alpha value is -5.92. The van der Waals surface area contributed by atoms with Gasteiger partial charge >= 0.3 is 0 Å². The lowest BCUT2D eigenvalue weighted by atomic mass is 9.84. The SMILES string of the molecule is c1ccc(-c2ccc3c(-c4ccccc4)c4ccccc4c(-c4cccc(-c5ccc6oc7ccccc7c6c5)c4)c3c2)cc1. The second-order valence-electron chi connectivity index (χ2n) is 11.7. The molecule has 1 aromatic heterocycles. The van der Waals surface area contributed by atoms with Crippen molar-refractivity contribution < 1.29 is 4.42 Å². The highest BCUT2D eigenvalue weighted by molar-refractivity contribution is 6.22. The Kier molecular flexibility index (Phi) is 5.89. The molecule has 0 N–H and O–H groups in total. The number of hydrogen-bond acceptors (Lipinski definition) is 1. The summed E-state index contributed by atoms with van der Waals surface area (Å²) in [4.78, 5) is 0. The molecule has 9 rings (SSSR count). The van der Waals surface area contributed by atoms with Crippen molar-refractivity contribution in [2.45, 2.75) is 0 Å². The van der Waals surface area contributed by atoms with Gasteiger partial charge in [-0.3, -0.25) is 0 Å². The minimum absolute atomic E-state index is 0.915. The van der Waals surface area contributed by atoms with Crippen LogP contribution in [0.2, 0.25) is 0 Å². The summed E-state index contributed by atoms with van der Waals surface area (Å²) >= 11 is 0. The van der Waals surface area contributed by atoms with Crippen LogP contribution in [0.4, 0.5) is 0 Å². The monoisotopic (exact) mass is 572 g/mol. The van der Waals surface area contributed by atoms with Gasteiger partial charge in [-0.1, -0.05) is 140 Å². The van der Waals surface area contributed by atoms with Crippen molar-refractivity contribution in [1.82, 2.24) is 0 Å². The Labute approximate surface area is 261 Å². The molecule has 8 aromatic carbocycles. The molecule has 0 aliphatic carbocycles. The van der Waals surface area contributed by atoms with Crippen LogP contribution in [-0.4, -0.2) is 0 Å². The molecular formula is C44H28O. The van der Waals surface area contributed by atoms with Crippen molar-refractivity contribution in [3.63, 3.8) is 0 Å². The van der Waals surface area contributed by atoms with E-state index in [1.807, 2.05) is 12.1 Å². The fraction of sp³-hybridized carbons (Fsp3) is 0. The fourth-order valence-electron chi connectivity index (χ4n) is 6.98. The van der Waals surface area contributed by atoms with E-state index < -0.39 is 0 Å². The van der Waals surface area contributed by atoms with Gasteiger partial charge in [0, 0.05) is 10.8 Å². The van der Waals surface area contributed by atoms with Gasteiger partial charge in [0.2, 0.25) is 0 Å². The molecule has 0 bridgehead atoms. The molecule has 0 aliphatic heterocycles. The lowest BCUT2D eigenvalue weighted by Gasteiger charge is -2.19. The average Bonchev–Trinajstić information content (AvgIpc) is 3.49. The molecule has 210 valence electrons. The van der Waals surface area contributed by atoms with Crippen LogP contribution in [0.1, 0.15) is 0 Å². The zero-order valence-corrected chi connectivity index (χ0v) is 24.6. The molecule has 9 aromatic rings. The number of fused-ring (bicyclic) bond motifs is 5. The highest BCUT2D eigenvalue weighted by Crippen LogP contribution is 2.45. The molecule has 0 atom stereocenters. The molecule has 0 saturated heterocycles. The molecular weight excluding hydrogens is 544 g/mol. The van der Waals surface area contributed by atoms with Gasteiger partial charge < -0.3 is 4.42 Å². The van der Waals surface area contributed by atoms with Gasteiger partial charge in [-0.05, 0) is 96.4 Å². The van der Waals surface area contributed by atoms with Crippen LogP contribution in [0.5, 0.6) is 0 Å². The third-order valence-corrected chi connectivity index (χ3v) is 9.05. The number of furan rings is 1. The Bertz CT molecular complexity index is 2520. The summed E-state index contributed by atoms with van der Waals surface area (Å²) in [7, 11) is 0. The molecule has 1 heteroatoms. The first-order valence-electron chi connectivity index (χ1n) is 15.4. The second kappa shape index (κ2) is 10.4. The summed E-state index contributed by atoms with van der Waals surface area (Å²) in [6, 6.07) is 61.1. The Morgan fingerprint density at radius 3 is 1.51 bits per heavy atom. The van der Waals surface area contributed by atoms with Gasteiger partial charge in [0.05, 0.1) is 0 Å². The number of benzene rings is 8. The lowest BCUT2D eigenvalue weighted by molar-refractivity contribution is 0.669. The van der Waals surface area contributed by atoms with E-state index in [0.29, 0.717) is 0 Å². The van der Waals surface area contributed by atoms with E-state index in [0.717, 1.165) is 21.9 Å². The first-order chi connectivity index (χ1) is 22.3. The van der Waals surface area contributed by atoms with Crippen LogP contribution < -0.4 is 0 Å². The molecule has 0 amide bonds. The van der Waals surface area contributed by atoms with E-state index >= 15 is 0 Å². The first-order valence-corrected chi connectivity index (χ1v) is 15.4. The van der Waals surface area contributed by atoms with Crippen molar-refractivity contribution in [1.29, 1.82) is 0 Å². The molecule has 0 radical (unpaired) electrons. The van der Waals surface area contributed by atoms with Crippen LogP contribution in [0.15, 0.2) is 174 Å². The van der Waals surface area contributed by atoms with E-state index in [2.05, 4.69) is 158 Å². The van der Waals surface area contributed by atoms with Crippen molar-refractivity contribution in [3.05, 3.63) is 170 Å². The van der Waals surface area contributed by atoms with Crippen molar-refractivity contribution >= 4 is 43.5 Å².